The van der Waals surface area contributed by atoms with Crippen molar-refractivity contribution >= 4 is 0 Å². The fourth-order valence-electron chi connectivity index (χ4n) is 3.21. The highest BCUT2D eigenvalue weighted by Gasteiger charge is 2.32. The Morgan fingerprint density at radius 2 is 2.14 bits per heavy atom. The summed E-state index contributed by atoms with van der Waals surface area (Å²) in [6.07, 6.45) is -0.861. The minimum Gasteiger partial charge on any atom is -0.329 e. The Labute approximate surface area is 124 Å². The molecule has 1 fully saturated rings. The number of hydrogen-bond acceptors (Lipinski definition) is 2. The van der Waals surface area contributed by atoms with Crippen LogP contribution < -0.4 is 5.73 Å². The van der Waals surface area contributed by atoms with Crippen molar-refractivity contribution in [1.29, 1.82) is 0 Å². The lowest BCUT2D eigenvalue weighted by Crippen LogP contribution is -2.32. The van der Waals surface area contributed by atoms with E-state index in [1.807, 2.05) is 0 Å². The van der Waals surface area contributed by atoms with E-state index in [1.165, 1.54) is 18.6 Å². The van der Waals surface area contributed by atoms with Crippen LogP contribution in [0.1, 0.15) is 43.4 Å². The number of nitrogens with two attached hydrogens (primary N) is 1. The molecule has 0 saturated carbocycles. The van der Waals surface area contributed by atoms with Crippen LogP contribution in [0.5, 0.6) is 0 Å². The lowest BCUT2D eigenvalue weighted by atomic mass is 10.0. The first-order valence-electron chi connectivity index (χ1n) is 7.57. The number of likely N-dealkylation sites (tertiary alicyclic amines) is 1. The van der Waals surface area contributed by atoms with Crippen LogP contribution in [-0.2, 0) is 6.18 Å². The van der Waals surface area contributed by atoms with Crippen LogP contribution in [0.25, 0.3) is 0 Å². The quantitative estimate of drug-likeness (QED) is 0.895. The lowest BCUT2D eigenvalue weighted by molar-refractivity contribution is -0.137. The van der Waals surface area contributed by atoms with E-state index < -0.39 is 11.7 Å². The summed E-state index contributed by atoms with van der Waals surface area (Å²) in [5.74, 6) is 0.648. The Morgan fingerprint density at radius 1 is 1.38 bits per heavy atom. The smallest absolute Gasteiger partial charge is 0.329 e. The molecule has 2 unspecified atom stereocenters. The van der Waals surface area contributed by atoms with Crippen molar-refractivity contribution in [3.8, 4) is 0 Å². The van der Waals surface area contributed by atoms with E-state index in [-0.39, 0.29) is 6.04 Å². The third-order valence-electron chi connectivity index (χ3n) is 4.28. The summed E-state index contributed by atoms with van der Waals surface area (Å²) < 4.78 is 38.5. The second-order valence-corrected chi connectivity index (χ2v) is 5.81. The molecule has 0 spiro atoms. The van der Waals surface area contributed by atoms with Gasteiger partial charge in [-0.1, -0.05) is 25.5 Å². The van der Waals surface area contributed by atoms with E-state index in [9.17, 15) is 13.2 Å². The van der Waals surface area contributed by atoms with Crippen molar-refractivity contribution < 1.29 is 13.2 Å². The minimum atomic E-state index is -4.30. The monoisotopic (exact) mass is 300 g/mol. The minimum absolute atomic E-state index is 0.117. The van der Waals surface area contributed by atoms with Crippen molar-refractivity contribution in [2.45, 2.75) is 38.4 Å². The van der Waals surface area contributed by atoms with Crippen molar-refractivity contribution in [2.24, 2.45) is 11.7 Å². The summed E-state index contributed by atoms with van der Waals surface area (Å²) in [7, 11) is 0. The zero-order valence-electron chi connectivity index (χ0n) is 12.4. The number of alkyl halides is 3. The normalized spacial score (nSPS) is 21.7. The van der Waals surface area contributed by atoms with Gasteiger partial charge in [-0.25, -0.2) is 0 Å². The van der Waals surface area contributed by atoms with Crippen LogP contribution in [0, 0.1) is 5.92 Å². The Balaban J connectivity index is 2.15. The highest BCUT2D eigenvalue weighted by molar-refractivity contribution is 5.28. The van der Waals surface area contributed by atoms with Gasteiger partial charge in [-0.2, -0.15) is 13.2 Å². The molecule has 0 aliphatic carbocycles. The first kappa shape index (κ1) is 16.3. The zero-order valence-corrected chi connectivity index (χ0v) is 12.4. The molecular formula is C16H23F3N2. The summed E-state index contributed by atoms with van der Waals surface area (Å²) in [4.78, 5) is 2.23. The predicted molar refractivity (Wildman–Crippen MR) is 77.8 cm³/mol. The molecule has 0 bridgehead atoms. The molecule has 21 heavy (non-hydrogen) atoms. The van der Waals surface area contributed by atoms with Crippen LogP contribution in [0.2, 0.25) is 0 Å². The molecule has 1 saturated heterocycles. The van der Waals surface area contributed by atoms with Gasteiger partial charge in [-0.05, 0) is 43.0 Å². The summed E-state index contributed by atoms with van der Waals surface area (Å²) in [5.41, 5.74) is 5.92. The third kappa shape index (κ3) is 3.98. The predicted octanol–water partition coefficient (Wildman–Crippen LogP) is 3.83. The largest absolute Gasteiger partial charge is 0.416 e. The summed E-state index contributed by atoms with van der Waals surface area (Å²) in [5, 5.41) is 0. The Kier molecular flexibility index (Phi) is 5.27. The summed E-state index contributed by atoms with van der Waals surface area (Å²) >= 11 is 0. The van der Waals surface area contributed by atoms with E-state index in [2.05, 4.69) is 11.8 Å². The van der Waals surface area contributed by atoms with Crippen LogP contribution in [0.4, 0.5) is 13.2 Å². The molecule has 118 valence electrons. The van der Waals surface area contributed by atoms with Gasteiger partial charge in [0.1, 0.15) is 0 Å². The van der Waals surface area contributed by atoms with Gasteiger partial charge in [-0.15, -0.1) is 0 Å². The van der Waals surface area contributed by atoms with Gasteiger partial charge in [0.2, 0.25) is 0 Å². The number of halogens is 3. The molecule has 0 radical (unpaired) electrons. The van der Waals surface area contributed by atoms with Crippen LogP contribution in [-0.4, -0.2) is 24.5 Å². The van der Waals surface area contributed by atoms with Crippen LogP contribution >= 0.6 is 0 Å². The second kappa shape index (κ2) is 6.79. The van der Waals surface area contributed by atoms with Gasteiger partial charge in [0.15, 0.2) is 0 Å². The molecule has 2 N–H and O–H groups in total. The standard InChI is InChI=1S/C16H23F3N2/c1-2-4-12-7-8-21(11-12)15(10-20)13-5-3-6-14(9-13)16(17,18)19/h3,5-6,9,12,15H,2,4,7-8,10-11,20H2,1H3. The molecule has 5 heteroatoms. The molecule has 0 amide bonds. The molecule has 1 heterocycles. The summed E-state index contributed by atoms with van der Waals surface area (Å²) in [6.45, 7) is 4.37. The maximum atomic E-state index is 12.8. The summed E-state index contributed by atoms with van der Waals surface area (Å²) in [6, 6.07) is 5.46. The highest BCUT2D eigenvalue weighted by Crippen LogP contribution is 2.33. The number of hydrogen-bond donors (Lipinski definition) is 1. The van der Waals surface area contributed by atoms with E-state index in [4.69, 9.17) is 5.73 Å². The first-order valence-corrected chi connectivity index (χ1v) is 7.57. The van der Waals surface area contributed by atoms with Crippen molar-refractivity contribution in [2.75, 3.05) is 19.6 Å². The molecule has 2 atom stereocenters. The van der Waals surface area contributed by atoms with Gasteiger partial charge in [0.05, 0.1) is 5.56 Å². The molecular weight excluding hydrogens is 277 g/mol. The molecule has 1 aromatic rings. The Hall–Kier alpha value is -1.07. The van der Waals surface area contributed by atoms with Gasteiger partial charge < -0.3 is 5.73 Å². The number of rotatable bonds is 5. The van der Waals surface area contributed by atoms with Crippen molar-refractivity contribution in [3.05, 3.63) is 35.4 Å². The van der Waals surface area contributed by atoms with Gasteiger partial charge >= 0.3 is 6.18 Å². The van der Waals surface area contributed by atoms with Crippen molar-refractivity contribution in [3.63, 3.8) is 0 Å². The van der Waals surface area contributed by atoms with Crippen LogP contribution in [0.3, 0.4) is 0 Å². The molecule has 1 aromatic carbocycles. The van der Waals surface area contributed by atoms with Crippen molar-refractivity contribution in [1.82, 2.24) is 4.90 Å². The topological polar surface area (TPSA) is 29.3 Å². The maximum Gasteiger partial charge on any atom is 0.416 e. The molecule has 2 nitrogen and oxygen atoms in total. The van der Waals surface area contributed by atoms with Gasteiger partial charge in [-0.3, -0.25) is 4.90 Å². The SMILES string of the molecule is CCCC1CCN(C(CN)c2cccc(C(F)(F)F)c2)C1. The average Bonchev–Trinajstić information content (AvgIpc) is 2.88. The lowest BCUT2D eigenvalue weighted by Gasteiger charge is -2.27. The maximum absolute atomic E-state index is 12.8. The zero-order chi connectivity index (χ0) is 15.5. The fourth-order valence-corrected chi connectivity index (χ4v) is 3.21. The second-order valence-electron chi connectivity index (χ2n) is 5.81. The third-order valence-corrected chi connectivity index (χ3v) is 4.28. The average molecular weight is 300 g/mol. The first-order chi connectivity index (χ1) is 9.95. The van der Waals surface area contributed by atoms with Crippen LogP contribution in [0.15, 0.2) is 24.3 Å². The Morgan fingerprint density at radius 3 is 2.76 bits per heavy atom. The molecule has 1 aliphatic rings. The van der Waals surface area contributed by atoms with E-state index in [0.717, 1.165) is 32.0 Å². The number of nitrogens with zero attached hydrogens (tertiary/aromatic N) is 1. The highest BCUT2D eigenvalue weighted by atomic mass is 19.4. The van der Waals surface area contributed by atoms with Gasteiger partial charge in [0.25, 0.3) is 0 Å². The van der Waals surface area contributed by atoms with E-state index >= 15 is 0 Å². The van der Waals surface area contributed by atoms with Gasteiger partial charge in [0, 0.05) is 19.1 Å². The van der Waals surface area contributed by atoms with E-state index in [1.54, 1.807) is 6.07 Å². The fraction of sp³-hybridized carbons (Fsp3) is 0.625. The molecule has 1 aliphatic heterocycles. The molecule has 0 aromatic heterocycles. The molecule has 2 rings (SSSR count). The number of benzene rings is 1. The van der Waals surface area contributed by atoms with E-state index in [0.29, 0.717) is 18.0 Å². The Bertz CT molecular complexity index is 459.